The summed E-state index contributed by atoms with van der Waals surface area (Å²) in [5.74, 6) is -1.57. The molecule has 1 aromatic heterocycles. The number of imidazole rings is 1. The Balaban J connectivity index is 2.30. The van der Waals surface area contributed by atoms with Crippen LogP contribution in [0.2, 0.25) is 5.15 Å². The van der Waals surface area contributed by atoms with Crippen LogP contribution in [0.3, 0.4) is 0 Å². The van der Waals surface area contributed by atoms with E-state index in [4.69, 9.17) is 11.6 Å². The number of nitrogens with one attached hydrogen (secondary N) is 1. The first-order chi connectivity index (χ1) is 9.72. The number of aryl methyl sites for hydroxylation is 1. The van der Waals surface area contributed by atoms with Crippen molar-refractivity contribution < 1.29 is 17.2 Å². The lowest BCUT2D eigenvalue weighted by molar-refractivity contribution is 0.538. The Bertz CT molecular complexity index is 777. The molecule has 0 fully saturated rings. The normalized spacial score (nSPS) is 13.4. The molecule has 2 aromatic rings. The summed E-state index contributed by atoms with van der Waals surface area (Å²) in [6.07, 6.45) is 1.25. The minimum Gasteiger partial charge on any atom is -0.324 e. The van der Waals surface area contributed by atoms with E-state index in [-0.39, 0.29) is 15.7 Å². The molecule has 2 rings (SSSR count). The first-order valence-corrected chi connectivity index (χ1v) is 7.72. The molecule has 1 aromatic carbocycles. The van der Waals surface area contributed by atoms with Crippen molar-refractivity contribution in [3.63, 3.8) is 0 Å². The van der Waals surface area contributed by atoms with E-state index in [1.54, 1.807) is 0 Å². The second-order valence-corrected chi connectivity index (χ2v) is 6.45. The van der Waals surface area contributed by atoms with Crippen LogP contribution in [-0.2, 0) is 17.1 Å². The summed E-state index contributed by atoms with van der Waals surface area (Å²) >= 11 is 5.83. The Morgan fingerprint density at radius 2 is 2.05 bits per heavy atom. The molecule has 0 saturated heterocycles. The number of benzene rings is 1. The van der Waals surface area contributed by atoms with Crippen LogP contribution in [0.15, 0.2) is 29.6 Å². The maximum absolute atomic E-state index is 13.6. The Morgan fingerprint density at radius 3 is 2.57 bits per heavy atom. The number of halogens is 3. The fourth-order valence-electron chi connectivity index (χ4n) is 1.78. The summed E-state index contributed by atoms with van der Waals surface area (Å²) in [5, 5.41) is -0.407. The van der Waals surface area contributed by atoms with Crippen molar-refractivity contribution in [1.82, 2.24) is 14.3 Å². The number of aromatic nitrogens is 2. The molecule has 21 heavy (non-hydrogen) atoms. The third-order valence-electron chi connectivity index (χ3n) is 2.85. The van der Waals surface area contributed by atoms with Crippen molar-refractivity contribution in [2.45, 2.75) is 18.0 Å². The molecule has 0 radical (unpaired) electrons. The minimum absolute atomic E-state index is 0.0204. The molecular weight excluding hydrogens is 324 g/mol. The first kappa shape index (κ1) is 15.9. The summed E-state index contributed by atoms with van der Waals surface area (Å²) in [4.78, 5) is 3.70. The lowest BCUT2D eigenvalue weighted by Crippen LogP contribution is -2.28. The maximum Gasteiger partial charge on any atom is 0.261 e. The van der Waals surface area contributed by atoms with Gasteiger partial charge in [0.2, 0.25) is 5.03 Å². The predicted octanol–water partition coefficient (Wildman–Crippen LogP) is 2.39. The van der Waals surface area contributed by atoms with Gasteiger partial charge in [-0.15, -0.1) is 0 Å². The Kier molecular flexibility index (Phi) is 4.31. The fraction of sp³-hybridized carbons (Fsp3) is 0.250. The second kappa shape index (κ2) is 5.70. The van der Waals surface area contributed by atoms with Crippen LogP contribution < -0.4 is 4.72 Å². The summed E-state index contributed by atoms with van der Waals surface area (Å²) in [6, 6.07) is 2.01. The van der Waals surface area contributed by atoms with Crippen molar-refractivity contribution in [3.8, 4) is 0 Å². The number of rotatable bonds is 4. The van der Waals surface area contributed by atoms with Crippen LogP contribution in [0, 0.1) is 11.6 Å². The van der Waals surface area contributed by atoms with E-state index in [2.05, 4.69) is 9.71 Å². The molecule has 0 saturated carbocycles. The van der Waals surface area contributed by atoms with E-state index in [1.807, 2.05) is 0 Å². The fourth-order valence-corrected chi connectivity index (χ4v) is 3.43. The Morgan fingerprint density at radius 1 is 1.38 bits per heavy atom. The van der Waals surface area contributed by atoms with Gasteiger partial charge in [-0.2, -0.15) is 0 Å². The van der Waals surface area contributed by atoms with Crippen LogP contribution in [0.5, 0.6) is 0 Å². The summed E-state index contributed by atoms with van der Waals surface area (Å²) < 4.78 is 54.4. The SMILES string of the molecule is CC(NS(=O)(=O)c1ncn(C)c1Cl)c1ccc(F)cc1F. The van der Waals surface area contributed by atoms with Gasteiger partial charge < -0.3 is 4.57 Å². The van der Waals surface area contributed by atoms with Gasteiger partial charge in [-0.05, 0) is 13.0 Å². The largest absolute Gasteiger partial charge is 0.324 e. The van der Waals surface area contributed by atoms with Crippen molar-refractivity contribution >= 4 is 21.6 Å². The smallest absolute Gasteiger partial charge is 0.261 e. The monoisotopic (exact) mass is 335 g/mol. The first-order valence-electron chi connectivity index (χ1n) is 5.86. The highest BCUT2D eigenvalue weighted by atomic mass is 35.5. The van der Waals surface area contributed by atoms with Crippen LogP contribution in [-0.4, -0.2) is 18.0 Å². The van der Waals surface area contributed by atoms with Gasteiger partial charge in [0.05, 0.1) is 6.33 Å². The average molecular weight is 336 g/mol. The van der Waals surface area contributed by atoms with Crippen molar-refractivity contribution in [1.29, 1.82) is 0 Å². The quantitative estimate of drug-likeness (QED) is 0.933. The molecule has 0 bridgehead atoms. The molecule has 0 aliphatic rings. The minimum atomic E-state index is -4.02. The summed E-state index contributed by atoms with van der Waals surface area (Å²) in [6.45, 7) is 1.44. The van der Waals surface area contributed by atoms with Gasteiger partial charge in [-0.3, -0.25) is 0 Å². The van der Waals surface area contributed by atoms with Crippen molar-refractivity contribution in [2.75, 3.05) is 0 Å². The van der Waals surface area contributed by atoms with E-state index < -0.39 is 27.7 Å². The molecule has 1 unspecified atom stereocenters. The van der Waals surface area contributed by atoms with Gasteiger partial charge >= 0.3 is 0 Å². The highest BCUT2D eigenvalue weighted by Crippen LogP contribution is 2.23. The molecule has 1 atom stereocenters. The van der Waals surface area contributed by atoms with Crippen LogP contribution in [0.1, 0.15) is 18.5 Å². The molecule has 1 N–H and O–H groups in total. The highest BCUT2D eigenvalue weighted by Gasteiger charge is 2.25. The molecule has 0 spiro atoms. The summed E-state index contributed by atoms with van der Waals surface area (Å²) in [5.41, 5.74) is 0.0204. The average Bonchev–Trinajstić information content (AvgIpc) is 2.69. The van der Waals surface area contributed by atoms with Gasteiger partial charge in [0.1, 0.15) is 16.8 Å². The Hall–Kier alpha value is -1.51. The standard InChI is InChI=1S/C12H12ClF2N3O2S/c1-7(9-4-3-8(14)5-10(9)15)17-21(19,20)12-11(13)18(2)6-16-12/h3-7,17H,1-2H3. The zero-order chi connectivity index (χ0) is 15.8. The van der Waals surface area contributed by atoms with Gasteiger partial charge in [0.15, 0.2) is 0 Å². The van der Waals surface area contributed by atoms with E-state index in [9.17, 15) is 17.2 Å². The molecule has 0 amide bonds. The number of sulfonamides is 1. The maximum atomic E-state index is 13.6. The highest BCUT2D eigenvalue weighted by molar-refractivity contribution is 7.89. The van der Waals surface area contributed by atoms with Crippen LogP contribution in [0.25, 0.3) is 0 Å². The molecular formula is C12H12ClF2N3O2S. The zero-order valence-corrected chi connectivity index (χ0v) is 12.7. The van der Waals surface area contributed by atoms with E-state index in [0.29, 0.717) is 6.07 Å². The molecule has 0 aliphatic carbocycles. The van der Waals surface area contributed by atoms with Gasteiger partial charge in [-0.1, -0.05) is 17.7 Å². The number of nitrogens with zero attached hydrogens (tertiary/aromatic N) is 2. The third-order valence-corrected chi connectivity index (χ3v) is 4.88. The third kappa shape index (κ3) is 3.22. The predicted molar refractivity (Wildman–Crippen MR) is 73.3 cm³/mol. The molecule has 9 heteroatoms. The van der Waals surface area contributed by atoms with Gasteiger partial charge in [-0.25, -0.2) is 26.9 Å². The van der Waals surface area contributed by atoms with Crippen molar-refractivity contribution in [2.24, 2.45) is 7.05 Å². The second-order valence-electron chi connectivity index (χ2n) is 4.46. The van der Waals surface area contributed by atoms with Gasteiger partial charge in [0, 0.05) is 24.7 Å². The lowest BCUT2D eigenvalue weighted by atomic mass is 10.1. The van der Waals surface area contributed by atoms with Crippen LogP contribution in [0.4, 0.5) is 8.78 Å². The van der Waals surface area contributed by atoms with E-state index in [1.165, 1.54) is 30.9 Å². The van der Waals surface area contributed by atoms with E-state index in [0.717, 1.165) is 6.07 Å². The molecule has 1 heterocycles. The van der Waals surface area contributed by atoms with Crippen LogP contribution >= 0.6 is 11.6 Å². The van der Waals surface area contributed by atoms with E-state index >= 15 is 0 Å². The molecule has 5 nitrogen and oxygen atoms in total. The van der Waals surface area contributed by atoms with Crippen molar-refractivity contribution in [3.05, 3.63) is 46.9 Å². The topological polar surface area (TPSA) is 64.0 Å². The molecule has 0 aliphatic heterocycles. The number of hydrogen-bond acceptors (Lipinski definition) is 3. The Labute approximate surface area is 125 Å². The molecule has 114 valence electrons. The zero-order valence-electron chi connectivity index (χ0n) is 11.1. The summed E-state index contributed by atoms with van der Waals surface area (Å²) in [7, 11) is -2.48. The van der Waals surface area contributed by atoms with Gasteiger partial charge in [0.25, 0.3) is 10.0 Å². The lowest BCUT2D eigenvalue weighted by Gasteiger charge is -2.14. The number of hydrogen-bond donors (Lipinski definition) is 1.